The summed E-state index contributed by atoms with van der Waals surface area (Å²) in [6.45, 7) is 0. The van der Waals surface area contributed by atoms with E-state index in [2.05, 4.69) is 0 Å². The molecule has 23 heavy (non-hydrogen) atoms. The second-order valence-corrected chi connectivity index (χ2v) is 4.71. The largest absolute Gasteiger partial charge is 0.399 e. The number of anilines is 1. The third kappa shape index (κ3) is 3.85. The molecule has 0 atom stereocenters. The monoisotopic (exact) mass is 296 g/mol. The van der Waals surface area contributed by atoms with Crippen LogP contribution in [0.3, 0.4) is 0 Å². The van der Waals surface area contributed by atoms with E-state index in [0.29, 0.717) is 11.3 Å². The Morgan fingerprint density at radius 1 is 0.739 bits per heavy atom. The van der Waals surface area contributed by atoms with Gasteiger partial charge in [0.2, 0.25) is 0 Å². The Morgan fingerprint density at radius 2 is 1.22 bits per heavy atom. The highest BCUT2D eigenvalue weighted by Crippen LogP contribution is 2.19. The molecule has 0 heterocycles. The molecule has 0 aliphatic carbocycles. The van der Waals surface area contributed by atoms with Gasteiger partial charge in [-0.25, -0.2) is 0 Å². The average Bonchev–Trinajstić information content (AvgIpc) is 2.60. The van der Waals surface area contributed by atoms with E-state index in [9.17, 15) is 0 Å². The molecule has 0 aliphatic rings. The Bertz CT molecular complexity index is 865. The number of hydrogen-bond acceptors (Lipinski definition) is 4. The van der Waals surface area contributed by atoms with Crippen LogP contribution in [0.15, 0.2) is 54.1 Å². The van der Waals surface area contributed by atoms with Gasteiger partial charge in [0.15, 0.2) is 0 Å². The zero-order valence-electron chi connectivity index (χ0n) is 12.2. The van der Waals surface area contributed by atoms with Crippen molar-refractivity contribution in [3.05, 3.63) is 70.8 Å². The van der Waals surface area contributed by atoms with Crippen LogP contribution in [0.5, 0.6) is 0 Å². The first-order valence-corrected chi connectivity index (χ1v) is 6.76. The van der Waals surface area contributed by atoms with Crippen molar-refractivity contribution in [3.63, 3.8) is 0 Å². The Kier molecular flexibility index (Phi) is 4.92. The molecule has 2 aromatic carbocycles. The molecule has 2 aromatic rings. The zero-order chi connectivity index (χ0) is 16.7. The number of nitriles is 3. The maximum atomic E-state index is 9.12. The first-order chi connectivity index (χ1) is 11.2. The number of allylic oxidation sites excluding steroid dienone is 2. The van der Waals surface area contributed by atoms with Crippen LogP contribution < -0.4 is 5.73 Å². The summed E-state index contributed by atoms with van der Waals surface area (Å²) in [5.41, 5.74) is 8.78. The molecule has 0 amide bonds. The van der Waals surface area contributed by atoms with Crippen molar-refractivity contribution < 1.29 is 0 Å². The highest BCUT2D eigenvalue weighted by molar-refractivity contribution is 5.84. The summed E-state index contributed by atoms with van der Waals surface area (Å²) < 4.78 is 0. The number of benzene rings is 2. The molecule has 2 rings (SSSR count). The lowest BCUT2D eigenvalue weighted by atomic mass is 10.0. The SMILES string of the molecule is N#CC(C#N)=C(C#N)c1ccc(C=Cc2ccc(N)cc2)cc1. The second kappa shape index (κ2) is 7.27. The van der Waals surface area contributed by atoms with E-state index in [4.69, 9.17) is 21.5 Å². The molecular formula is C19H12N4. The van der Waals surface area contributed by atoms with Crippen molar-refractivity contribution in [2.24, 2.45) is 0 Å². The predicted molar refractivity (Wildman–Crippen MR) is 90.0 cm³/mol. The zero-order valence-corrected chi connectivity index (χ0v) is 12.2. The van der Waals surface area contributed by atoms with E-state index >= 15 is 0 Å². The molecule has 0 aliphatic heterocycles. The van der Waals surface area contributed by atoms with E-state index in [1.807, 2.05) is 54.6 Å². The van der Waals surface area contributed by atoms with Crippen LogP contribution in [0.2, 0.25) is 0 Å². The number of nitrogens with two attached hydrogens (primary N) is 1. The molecule has 0 unspecified atom stereocenters. The smallest absolute Gasteiger partial charge is 0.148 e. The van der Waals surface area contributed by atoms with Gasteiger partial charge in [0, 0.05) is 5.69 Å². The fourth-order valence-electron chi connectivity index (χ4n) is 1.96. The van der Waals surface area contributed by atoms with Gasteiger partial charge in [-0.1, -0.05) is 48.6 Å². The van der Waals surface area contributed by atoms with E-state index in [1.165, 1.54) is 0 Å². The summed E-state index contributed by atoms with van der Waals surface area (Å²) in [7, 11) is 0. The van der Waals surface area contributed by atoms with Crippen molar-refractivity contribution >= 4 is 23.4 Å². The Balaban J connectivity index is 2.25. The number of hydrogen-bond donors (Lipinski definition) is 1. The van der Waals surface area contributed by atoms with Crippen LogP contribution in [-0.4, -0.2) is 0 Å². The lowest BCUT2D eigenvalue weighted by Gasteiger charge is -2.00. The van der Waals surface area contributed by atoms with Crippen LogP contribution in [0.25, 0.3) is 17.7 Å². The van der Waals surface area contributed by atoms with E-state index in [1.54, 1.807) is 24.3 Å². The molecular weight excluding hydrogens is 284 g/mol. The van der Waals surface area contributed by atoms with Crippen molar-refractivity contribution in [2.75, 3.05) is 5.73 Å². The van der Waals surface area contributed by atoms with Crippen LogP contribution in [0, 0.1) is 34.0 Å². The van der Waals surface area contributed by atoms with Gasteiger partial charge in [0.25, 0.3) is 0 Å². The lowest BCUT2D eigenvalue weighted by molar-refractivity contribution is 1.45. The minimum absolute atomic E-state index is 0.0871. The molecule has 0 saturated heterocycles. The van der Waals surface area contributed by atoms with Gasteiger partial charge >= 0.3 is 0 Å². The second-order valence-electron chi connectivity index (χ2n) is 4.71. The Hall–Kier alpha value is -3.81. The lowest BCUT2D eigenvalue weighted by Crippen LogP contribution is -1.87. The molecule has 0 bridgehead atoms. The highest BCUT2D eigenvalue weighted by Gasteiger charge is 2.08. The quantitative estimate of drug-likeness (QED) is 0.529. The Morgan fingerprint density at radius 3 is 1.65 bits per heavy atom. The summed E-state index contributed by atoms with van der Waals surface area (Å²) >= 11 is 0. The average molecular weight is 296 g/mol. The van der Waals surface area contributed by atoms with E-state index in [0.717, 1.165) is 11.1 Å². The molecule has 0 fully saturated rings. The predicted octanol–water partition coefficient (Wildman–Crippen LogP) is 3.76. The van der Waals surface area contributed by atoms with Crippen LogP contribution >= 0.6 is 0 Å². The summed E-state index contributed by atoms with van der Waals surface area (Å²) in [6, 6.07) is 20.0. The van der Waals surface area contributed by atoms with Crippen LogP contribution in [-0.2, 0) is 0 Å². The maximum Gasteiger partial charge on any atom is 0.148 e. The standard InChI is InChI=1S/C19H12N4/c20-11-17(12-21)19(13-22)16-7-3-14(4-8-16)1-2-15-5-9-18(23)10-6-15/h1-10H,23H2. The number of rotatable bonds is 3. The summed E-state index contributed by atoms with van der Waals surface area (Å²) in [5, 5.41) is 26.9. The van der Waals surface area contributed by atoms with Crippen LogP contribution in [0.4, 0.5) is 5.69 Å². The molecule has 2 N–H and O–H groups in total. The molecule has 0 saturated carbocycles. The van der Waals surface area contributed by atoms with Crippen molar-refractivity contribution in [2.45, 2.75) is 0 Å². The summed E-state index contributed by atoms with van der Waals surface area (Å²) in [4.78, 5) is 0. The third-order valence-corrected chi connectivity index (χ3v) is 3.19. The normalized spacial score (nSPS) is 9.61. The van der Waals surface area contributed by atoms with E-state index in [-0.39, 0.29) is 11.1 Å². The van der Waals surface area contributed by atoms with Gasteiger partial charge in [-0.2, -0.15) is 15.8 Å². The summed E-state index contributed by atoms with van der Waals surface area (Å²) in [6.07, 6.45) is 3.88. The van der Waals surface area contributed by atoms with Gasteiger partial charge < -0.3 is 5.73 Å². The number of nitrogen functional groups attached to an aromatic ring is 1. The van der Waals surface area contributed by atoms with Gasteiger partial charge in [-0.05, 0) is 28.8 Å². The maximum absolute atomic E-state index is 9.12. The highest BCUT2D eigenvalue weighted by atomic mass is 14.5. The first kappa shape index (κ1) is 15.6. The molecule has 0 aromatic heterocycles. The fraction of sp³-hybridized carbons (Fsp3) is 0. The first-order valence-electron chi connectivity index (χ1n) is 6.76. The van der Waals surface area contributed by atoms with Crippen molar-refractivity contribution in [1.82, 2.24) is 0 Å². The minimum atomic E-state index is -0.183. The van der Waals surface area contributed by atoms with Gasteiger partial charge in [-0.3, -0.25) is 0 Å². The number of nitrogens with zero attached hydrogens (tertiary/aromatic N) is 3. The fourth-order valence-corrected chi connectivity index (χ4v) is 1.96. The summed E-state index contributed by atoms with van der Waals surface area (Å²) in [5.74, 6) is 0. The minimum Gasteiger partial charge on any atom is -0.399 e. The molecule has 4 nitrogen and oxygen atoms in total. The Labute approximate surface area is 134 Å². The molecule has 108 valence electrons. The molecule has 0 radical (unpaired) electrons. The third-order valence-electron chi connectivity index (χ3n) is 3.19. The van der Waals surface area contributed by atoms with Crippen molar-refractivity contribution in [1.29, 1.82) is 15.8 Å². The van der Waals surface area contributed by atoms with Gasteiger partial charge in [0.05, 0.1) is 5.57 Å². The van der Waals surface area contributed by atoms with Crippen molar-refractivity contribution in [3.8, 4) is 18.2 Å². The van der Waals surface area contributed by atoms with Gasteiger partial charge in [0.1, 0.15) is 23.8 Å². The van der Waals surface area contributed by atoms with E-state index < -0.39 is 0 Å². The molecule has 0 spiro atoms. The van der Waals surface area contributed by atoms with Gasteiger partial charge in [-0.15, -0.1) is 0 Å². The topological polar surface area (TPSA) is 97.4 Å². The molecule has 4 heteroatoms. The van der Waals surface area contributed by atoms with Crippen LogP contribution in [0.1, 0.15) is 16.7 Å².